The van der Waals surface area contributed by atoms with Gasteiger partial charge in [0, 0.05) is 23.8 Å². The number of rotatable bonds is 2. The predicted molar refractivity (Wildman–Crippen MR) is 79.5 cm³/mol. The Hall–Kier alpha value is -1.09. The van der Waals surface area contributed by atoms with E-state index in [1.54, 1.807) is 13.8 Å². The highest BCUT2D eigenvalue weighted by atomic mass is 19.1. The van der Waals surface area contributed by atoms with E-state index in [9.17, 15) is 9.50 Å². The highest BCUT2D eigenvalue weighted by Crippen LogP contribution is 2.41. The SMILES string of the molecule is Cc1cc(N2CCCC3CCCC32)c([C@@H](C)O)cc1F. The van der Waals surface area contributed by atoms with Crippen LogP contribution in [0.4, 0.5) is 10.1 Å². The Morgan fingerprint density at radius 1 is 1.25 bits per heavy atom. The number of piperidine rings is 1. The molecule has 1 heterocycles. The summed E-state index contributed by atoms with van der Waals surface area (Å²) in [6.45, 7) is 4.57. The first-order valence-corrected chi connectivity index (χ1v) is 7.82. The van der Waals surface area contributed by atoms with Crippen LogP contribution in [-0.4, -0.2) is 17.7 Å². The van der Waals surface area contributed by atoms with Crippen LogP contribution >= 0.6 is 0 Å². The van der Waals surface area contributed by atoms with E-state index < -0.39 is 6.10 Å². The normalized spacial score (nSPS) is 27.5. The van der Waals surface area contributed by atoms with Gasteiger partial charge in [-0.25, -0.2) is 4.39 Å². The van der Waals surface area contributed by atoms with Gasteiger partial charge in [0.05, 0.1) is 6.10 Å². The Morgan fingerprint density at radius 3 is 2.75 bits per heavy atom. The summed E-state index contributed by atoms with van der Waals surface area (Å²) < 4.78 is 13.8. The van der Waals surface area contributed by atoms with E-state index in [-0.39, 0.29) is 5.82 Å². The second kappa shape index (κ2) is 5.36. The minimum absolute atomic E-state index is 0.218. The summed E-state index contributed by atoms with van der Waals surface area (Å²) in [5.41, 5.74) is 2.46. The van der Waals surface area contributed by atoms with E-state index in [1.165, 1.54) is 38.2 Å². The second-order valence-corrected chi connectivity index (χ2v) is 6.43. The van der Waals surface area contributed by atoms with Crippen LogP contribution < -0.4 is 4.90 Å². The van der Waals surface area contributed by atoms with Gasteiger partial charge in [0.2, 0.25) is 0 Å². The molecule has 3 heteroatoms. The van der Waals surface area contributed by atoms with Crippen molar-refractivity contribution >= 4 is 5.69 Å². The van der Waals surface area contributed by atoms with Crippen molar-refractivity contribution in [2.24, 2.45) is 5.92 Å². The number of aryl methyl sites for hydroxylation is 1. The Balaban J connectivity index is 2.01. The molecule has 1 aromatic rings. The highest BCUT2D eigenvalue weighted by molar-refractivity contribution is 5.58. The molecule has 0 spiro atoms. The van der Waals surface area contributed by atoms with Crippen LogP contribution in [0.2, 0.25) is 0 Å². The number of benzene rings is 1. The van der Waals surface area contributed by atoms with Crippen LogP contribution in [0, 0.1) is 18.7 Å². The smallest absolute Gasteiger partial charge is 0.126 e. The molecule has 0 bridgehead atoms. The first kappa shape index (κ1) is 13.9. The molecular formula is C17H24FNO. The first-order valence-electron chi connectivity index (χ1n) is 7.82. The van der Waals surface area contributed by atoms with Gasteiger partial charge in [-0.15, -0.1) is 0 Å². The average Bonchev–Trinajstić information content (AvgIpc) is 2.89. The average molecular weight is 277 g/mol. The summed E-state index contributed by atoms with van der Waals surface area (Å²) in [6, 6.07) is 4.04. The van der Waals surface area contributed by atoms with Crippen LogP contribution in [-0.2, 0) is 0 Å². The molecule has 1 N–H and O–H groups in total. The van der Waals surface area contributed by atoms with Gasteiger partial charge in [0.1, 0.15) is 5.82 Å². The largest absolute Gasteiger partial charge is 0.389 e. The van der Waals surface area contributed by atoms with Crippen LogP contribution in [0.25, 0.3) is 0 Å². The minimum Gasteiger partial charge on any atom is -0.389 e. The van der Waals surface area contributed by atoms with Crippen molar-refractivity contribution in [1.29, 1.82) is 0 Å². The zero-order valence-corrected chi connectivity index (χ0v) is 12.4. The first-order chi connectivity index (χ1) is 9.58. The van der Waals surface area contributed by atoms with E-state index in [4.69, 9.17) is 0 Å². The molecule has 1 aliphatic carbocycles. The number of hydrogen-bond acceptors (Lipinski definition) is 2. The summed E-state index contributed by atoms with van der Waals surface area (Å²) in [4.78, 5) is 2.44. The number of anilines is 1. The molecule has 1 aromatic carbocycles. The molecule has 1 aliphatic heterocycles. The summed E-state index contributed by atoms with van der Waals surface area (Å²) in [5, 5.41) is 10.00. The Kier molecular flexibility index (Phi) is 3.72. The van der Waals surface area contributed by atoms with Gasteiger partial charge < -0.3 is 10.0 Å². The molecule has 2 unspecified atom stereocenters. The highest BCUT2D eigenvalue weighted by Gasteiger charge is 2.36. The maximum Gasteiger partial charge on any atom is 0.126 e. The zero-order valence-electron chi connectivity index (χ0n) is 12.4. The van der Waals surface area contributed by atoms with Crippen molar-refractivity contribution in [3.8, 4) is 0 Å². The number of fused-ring (bicyclic) bond motifs is 1. The third kappa shape index (κ3) is 2.32. The molecule has 0 amide bonds. The van der Waals surface area contributed by atoms with Crippen molar-refractivity contribution < 1.29 is 9.50 Å². The van der Waals surface area contributed by atoms with Gasteiger partial charge in [-0.05, 0) is 63.1 Å². The van der Waals surface area contributed by atoms with Gasteiger partial charge in [-0.3, -0.25) is 0 Å². The Morgan fingerprint density at radius 2 is 2.00 bits per heavy atom. The lowest BCUT2D eigenvalue weighted by molar-refractivity contribution is 0.198. The Labute approximate surface area is 120 Å². The van der Waals surface area contributed by atoms with E-state index in [2.05, 4.69) is 4.90 Å². The molecule has 1 saturated carbocycles. The Bertz CT molecular complexity index is 500. The minimum atomic E-state index is -0.623. The molecule has 2 aliphatic rings. The summed E-state index contributed by atoms with van der Waals surface area (Å²) >= 11 is 0. The lowest BCUT2D eigenvalue weighted by atomic mass is 9.90. The lowest BCUT2D eigenvalue weighted by Gasteiger charge is -2.41. The van der Waals surface area contributed by atoms with Crippen molar-refractivity contribution in [2.45, 2.75) is 58.1 Å². The van der Waals surface area contributed by atoms with Crippen LogP contribution in [0.5, 0.6) is 0 Å². The number of halogens is 1. The molecule has 1 saturated heterocycles. The topological polar surface area (TPSA) is 23.5 Å². The fourth-order valence-corrected chi connectivity index (χ4v) is 4.02. The van der Waals surface area contributed by atoms with Crippen molar-refractivity contribution in [1.82, 2.24) is 0 Å². The number of aliphatic hydroxyl groups is 1. The number of hydrogen-bond donors (Lipinski definition) is 1. The van der Waals surface area contributed by atoms with Gasteiger partial charge in [-0.2, -0.15) is 0 Å². The molecule has 3 rings (SSSR count). The maximum atomic E-state index is 13.8. The van der Waals surface area contributed by atoms with E-state index in [0.29, 0.717) is 11.6 Å². The second-order valence-electron chi connectivity index (χ2n) is 6.43. The number of nitrogens with zero attached hydrogens (tertiary/aromatic N) is 1. The molecule has 0 radical (unpaired) electrons. The van der Waals surface area contributed by atoms with Crippen LogP contribution in [0.1, 0.15) is 56.3 Å². The van der Waals surface area contributed by atoms with Crippen LogP contribution in [0.3, 0.4) is 0 Å². The van der Waals surface area contributed by atoms with Gasteiger partial charge in [0.15, 0.2) is 0 Å². The quantitative estimate of drug-likeness (QED) is 0.884. The van der Waals surface area contributed by atoms with Crippen molar-refractivity contribution in [3.63, 3.8) is 0 Å². The molecule has 2 fully saturated rings. The van der Waals surface area contributed by atoms with E-state index in [1.807, 2.05) is 6.07 Å². The predicted octanol–water partition coefficient (Wildman–Crippen LogP) is 3.96. The summed E-state index contributed by atoms with van der Waals surface area (Å²) in [6.07, 6.45) is 5.77. The van der Waals surface area contributed by atoms with Crippen LogP contribution in [0.15, 0.2) is 12.1 Å². The third-order valence-electron chi connectivity index (χ3n) is 5.06. The molecule has 110 valence electrons. The fraction of sp³-hybridized carbons (Fsp3) is 0.647. The zero-order chi connectivity index (χ0) is 14.3. The van der Waals surface area contributed by atoms with Gasteiger partial charge in [-0.1, -0.05) is 6.42 Å². The molecule has 2 nitrogen and oxygen atoms in total. The van der Waals surface area contributed by atoms with E-state index in [0.717, 1.165) is 23.7 Å². The molecule has 20 heavy (non-hydrogen) atoms. The van der Waals surface area contributed by atoms with Crippen molar-refractivity contribution in [3.05, 3.63) is 29.1 Å². The standard InChI is InChI=1S/C17H24FNO/c1-11-9-17(14(12(2)20)10-15(11)18)19-8-4-6-13-5-3-7-16(13)19/h9-10,12-13,16,20H,3-8H2,1-2H3/t12-,13?,16?/m1/s1. The summed E-state index contributed by atoms with van der Waals surface area (Å²) in [5.74, 6) is 0.570. The molecule has 0 aromatic heterocycles. The fourth-order valence-electron chi connectivity index (χ4n) is 4.02. The molecule has 3 atom stereocenters. The van der Waals surface area contributed by atoms with Crippen molar-refractivity contribution in [2.75, 3.05) is 11.4 Å². The van der Waals surface area contributed by atoms with Gasteiger partial charge >= 0.3 is 0 Å². The van der Waals surface area contributed by atoms with E-state index >= 15 is 0 Å². The summed E-state index contributed by atoms with van der Waals surface area (Å²) in [7, 11) is 0. The third-order valence-corrected chi connectivity index (χ3v) is 5.06. The maximum absolute atomic E-state index is 13.8. The van der Waals surface area contributed by atoms with Gasteiger partial charge in [0.25, 0.3) is 0 Å². The number of aliphatic hydroxyl groups excluding tert-OH is 1. The monoisotopic (exact) mass is 277 g/mol. The molecular weight excluding hydrogens is 253 g/mol. The lowest BCUT2D eigenvalue weighted by Crippen LogP contribution is -2.43.